The van der Waals surface area contributed by atoms with Crippen LogP contribution in [-0.4, -0.2) is 46.2 Å². The molecule has 0 aromatic rings. The fourth-order valence-corrected chi connectivity index (χ4v) is 2.58. The number of hydrogen-bond donors (Lipinski definition) is 2. The van der Waals surface area contributed by atoms with Crippen LogP contribution in [0.25, 0.3) is 0 Å². The Morgan fingerprint density at radius 2 is 1.40 bits per heavy atom. The first-order valence-corrected chi connectivity index (χ1v) is 7.68. The Balaban J connectivity index is 0.000000370. The first-order chi connectivity index (χ1) is 9.51. The number of nitrogens with zero attached hydrogens (tertiary/aromatic N) is 1. The average Bonchev–Trinajstić information content (AvgIpc) is 2.41. The molecule has 0 atom stereocenters. The quantitative estimate of drug-likeness (QED) is 0.752. The maximum Gasteiger partial charge on any atom is 0.303 e. The molecule has 1 aliphatic rings. The molecule has 0 heterocycles. The zero-order valence-corrected chi connectivity index (χ0v) is 12.8. The molecule has 1 rings (SSSR count). The Bertz CT molecular complexity index is 257. The monoisotopic (exact) mass is 287 g/mol. The van der Waals surface area contributed by atoms with Crippen LogP contribution in [0.1, 0.15) is 65.2 Å². The lowest BCUT2D eigenvalue weighted by atomic mass is 9.94. The molecule has 0 aromatic carbocycles. The van der Waals surface area contributed by atoms with Crippen molar-refractivity contribution < 1.29 is 19.8 Å². The number of hydrogen-bond acceptors (Lipinski definition) is 3. The SMILES string of the molecule is CCN(CC)C1CCCCC1.O=C(O)CCCC(=O)O. The Hall–Kier alpha value is -1.10. The first-order valence-electron chi connectivity index (χ1n) is 7.68. The second-order valence-corrected chi connectivity index (χ2v) is 5.15. The largest absolute Gasteiger partial charge is 0.481 e. The molecule has 0 saturated heterocycles. The summed E-state index contributed by atoms with van der Waals surface area (Å²) in [5.41, 5.74) is 0. The van der Waals surface area contributed by atoms with E-state index in [1.807, 2.05) is 0 Å². The Morgan fingerprint density at radius 3 is 1.75 bits per heavy atom. The molecule has 5 heteroatoms. The predicted octanol–water partition coefficient (Wildman–Crippen LogP) is 2.99. The van der Waals surface area contributed by atoms with Gasteiger partial charge in [-0.1, -0.05) is 33.1 Å². The maximum absolute atomic E-state index is 9.79. The summed E-state index contributed by atoms with van der Waals surface area (Å²) in [6.45, 7) is 7.03. The highest BCUT2D eigenvalue weighted by Gasteiger charge is 2.17. The van der Waals surface area contributed by atoms with Gasteiger partial charge in [-0.25, -0.2) is 0 Å². The smallest absolute Gasteiger partial charge is 0.303 e. The molecule has 0 radical (unpaired) electrons. The molecule has 0 aliphatic heterocycles. The molecule has 0 unspecified atom stereocenters. The Morgan fingerprint density at radius 1 is 0.950 bits per heavy atom. The highest BCUT2D eigenvalue weighted by molar-refractivity contribution is 5.69. The lowest BCUT2D eigenvalue weighted by Gasteiger charge is -2.32. The van der Waals surface area contributed by atoms with Crippen molar-refractivity contribution in [2.45, 2.75) is 71.3 Å². The van der Waals surface area contributed by atoms with Crippen molar-refractivity contribution in [2.24, 2.45) is 0 Å². The van der Waals surface area contributed by atoms with Crippen molar-refractivity contribution in [1.82, 2.24) is 4.90 Å². The van der Waals surface area contributed by atoms with E-state index in [2.05, 4.69) is 18.7 Å². The van der Waals surface area contributed by atoms with E-state index in [9.17, 15) is 9.59 Å². The molecule has 1 aliphatic carbocycles. The summed E-state index contributed by atoms with van der Waals surface area (Å²) in [4.78, 5) is 22.2. The summed E-state index contributed by atoms with van der Waals surface area (Å²) in [7, 11) is 0. The number of carboxylic acid groups (broad SMARTS) is 2. The number of rotatable bonds is 7. The van der Waals surface area contributed by atoms with Crippen LogP contribution in [0, 0.1) is 0 Å². The van der Waals surface area contributed by atoms with E-state index < -0.39 is 11.9 Å². The van der Waals surface area contributed by atoms with Crippen LogP contribution >= 0.6 is 0 Å². The highest BCUT2D eigenvalue weighted by atomic mass is 16.4. The van der Waals surface area contributed by atoms with Gasteiger partial charge in [0.1, 0.15) is 0 Å². The molecule has 5 nitrogen and oxygen atoms in total. The third kappa shape index (κ3) is 9.78. The van der Waals surface area contributed by atoms with Gasteiger partial charge in [-0.05, 0) is 32.4 Å². The normalized spacial score (nSPS) is 15.6. The topological polar surface area (TPSA) is 77.8 Å². The van der Waals surface area contributed by atoms with Crippen LogP contribution in [0.15, 0.2) is 0 Å². The van der Waals surface area contributed by atoms with Gasteiger partial charge in [-0.3, -0.25) is 9.59 Å². The van der Waals surface area contributed by atoms with Gasteiger partial charge < -0.3 is 15.1 Å². The van der Waals surface area contributed by atoms with E-state index in [0.717, 1.165) is 6.04 Å². The van der Waals surface area contributed by atoms with Crippen LogP contribution < -0.4 is 0 Å². The minimum Gasteiger partial charge on any atom is -0.481 e. The van der Waals surface area contributed by atoms with Gasteiger partial charge in [0.05, 0.1) is 0 Å². The fraction of sp³-hybridized carbons (Fsp3) is 0.867. The number of carbonyl (C=O) groups is 2. The van der Waals surface area contributed by atoms with Crippen molar-refractivity contribution in [3.63, 3.8) is 0 Å². The second kappa shape index (κ2) is 11.7. The number of aliphatic carboxylic acids is 2. The minimum absolute atomic E-state index is 0.0632. The van der Waals surface area contributed by atoms with Crippen LogP contribution in [0.4, 0.5) is 0 Å². The summed E-state index contributed by atoms with van der Waals surface area (Å²) >= 11 is 0. The lowest BCUT2D eigenvalue weighted by Crippen LogP contribution is -2.36. The van der Waals surface area contributed by atoms with Crippen molar-refractivity contribution in [3.8, 4) is 0 Å². The van der Waals surface area contributed by atoms with Gasteiger partial charge >= 0.3 is 11.9 Å². The van der Waals surface area contributed by atoms with Crippen molar-refractivity contribution >= 4 is 11.9 Å². The second-order valence-electron chi connectivity index (χ2n) is 5.15. The van der Waals surface area contributed by atoms with E-state index in [-0.39, 0.29) is 19.3 Å². The van der Waals surface area contributed by atoms with E-state index in [1.54, 1.807) is 0 Å². The summed E-state index contributed by atoms with van der Waals surface area (Å²) in [6.07, 6.45) is 7.37. The molecular formula is C15H29NO4. The van der Waals surface area contributed by atoms with Gasteiger partial charge in [-0.15, -0.1) is 0 Å². The van der Waals surface area contributed by atoms with Crippen LogP contribution in [0.2, 0.25) is 0 Å². The first kappa shape index (κ1) is 18.9. The van der Waals surface area contributed by atoms with Gasteiger partial charge in [0.2, 0.25) is 0 Å². The molecule has 118 valence electrons. The van der Waals surface area contributed by atoms with Crippen LogP contribution in [0.5, 0.6) is 0 Å². The summed E-state index contributed by atoms with van der Waals surface area (Å²) in [6, 6.07) is 0.916. The molecule has 20 heavy (non-hydrogen) atoms. The highest BCUT2D eigenvalue weighted by Crippen LogP contribution is 2.21. The zero-order valence-electron chi connectivity index (χ0n) is 12.8. The molecule has 0 aromatic heterocycles. The molecular weight excluding hydrogens is 258 g/mol. The van der Waals surface area contributed by atoms with Gasteiger partial charge in [0.15, 0.2) is 0 Å². The lowest BCUT2D eigenvalue weighted by molar-refractivity contribution is -0.138. The third-order valence-electron chi connectivity index (χ3n) is 3.68. The van der Waals surface area contributed by atoms with Crippen LogP contribution in [0.3, 0.4) is 0 Å². The van der Waals surface area contributed by atoms with Crippen LogP contribution in [-0.2, 0) is 9.59 Å². The van der Waals surface area contributed by atoms with E-state index >= 15 is 0 Å². The molecule has 1 fully saturated rings. The molecule has 1 saturated carbocycles. The van der Waals surface area contributed by atoms with E-state index in [1.165, 1.54) is 45.2 Å². The van der Waals surface area contributed by atoms with Gasteiger partial charge in [0.25, 0.3) is 0 Å². The summed E-state index contributed by atoms with van der Waals surface area (Å²) < 4.78 is 0. The standard InChI is InChI=1S/C10H21N.C5H8O4/c1-3-11(4-2)10-8-6-5-7-9-10;6-4(7)2-1-3-5(8)9/h10H,3-9H2,1-2H3;1-3H2,(H,6,7)(H,8,9). The minimum atomic E-state index is -0.948. The van der Waals surface area contributed by atoms with Crippen molar-refractivity contribution in [3.05, 3.63) is 0 Å². The van der Waals surface area contributed by atoms with Crippen molar-refractivity contribution in [2.75, 3.05) is 13.1 Å². The summed E-state index contributed by atoms with van der Waals surface area (Å²) in [5.74, 6) is -1.90. The molecule has 2 N–H and O–H groups in total. The summed E-state index contributed by atoms with van der Waals surface area (Å²) in [5, 5.41) is 16.1. The third-order valence-corrected chi connectivity index (χ3v) is 3.68. The van der Waals surface area contributed by atoms with Crippen molar-refractivity contribution in [1.29, 1.82) is 0 Å². The van der Waals surface area contributed by atoms with Gasteiger partial charge in [-0.2, -0.15) is 0 Å². The Labute approximate surface area is 122 Å². The van der Waals surface area contributed by atoms with E-state index in [4.69, 9.17) is 10.2 Å². The number of carboxylic acids is 2. The molecule has 0 bridgehead atoms. The zero-order chi connectivity index (χ0) is 15.4. The fourth-order valence-electron chi connectivity index (χ4n) is 2.58. The molecule has 0 spiro atoms. The maximum atomic E-state index is 9.79. The predicted molar refractivity (Wildman–Crippen MR) is 78.9 cm³/mol. The average molecular weight is 287 g/mol. The molecule has 0 amide bonds. The van der Waals surface area contributed by atoms with E-state index in [0.29, 0.717) is 0 Å². The van der Waals surface area contributed by atoms with Gasteiger partial charge in [0, 0.05) is 18.9 Å². The Kier molecular flexibility index (Phi) is 11.1.